The van der Waals surface area contributed by atoms with Crippen LogP contribution in [0, 0.1) is 6.92 Å². The molecule has 1 aromatic carbocycles. The van der Waals surface area contributed by atoms with E-state index in [4.69, 9.17) is 5.84 Å². The van der Waals surface area contributed by atoms with E-state index in [0.717, 1.165) is 28.0 Å². The quantitative estimate of drug-likeness (QED) is 0.656. The molecule has 3 nitrogen and oxygen atoms in total. The van der Waals surface area contributed by atoms with Crippen LogP contribution in [-0.2, 0) is 12.8 Å². The number of halogens is 1. The zero-order valence-electron chi connectivity index (χ0n) is 10.2. The number of benzene rings is 1. The van der Waals surface area contributed by atoms with E-state index in [1.807, 2.05) is 6.92 Å². The number of aryl methyl sites for hydroxylation is 1. The average molecular weight is 326 g/mol. The summed E-state index contributed by atoms with van der Waals surface area (Å²) in [6.07, 6.45) is 1.77. The molecule has 2 aromatic rings. The lowest BCUT2D eigenvalue weighted by atomic mass is 10.0. The molecule has 0 saturated heterocycles. The molecule has 3 N–H and O–H groups in total. The molecule has 0 radical (unpaired) electrons. The van der Waals surface area contributed by atoms with Crippen molar-refractivity contribution in [2.45, 2.75) is 25.8 Å². The van der Waals surface area contributed by atoms with Crippen LogP contribution in [0.4, 0.5) is 0 Å². The van der Waals surface area contributed by atoms with Crippen molar-refractivity contribution in [2.75, 3.05) is 0 Å². The topological polar surface area (TPSA) is 50.9 Å². The van der Waals surface area contributed by atoms with E-state index in [1.54, 1.807) is 11.3 Å². The molecule has 0 amide bonds. The van der Waals surface area contributed by atoms with Crippen LogP contribution in [0.25, 0.3) is 0 Å². The fraction of sp³-hybridized carbons (Fsp3) is 0.308. The summed E-state index contributed by atoms with van der Waals surface area (Å²) in [4.78, 5) is 4.47. The maximum atomic E-state index is 5.62. The Morgan fingerprint density at radius 1 is 1.33 bits per heavy atom. The lowest BCUT2D eigenvalue weighted by Crippen LogP contribution is -2.38. The lowest BCUT2D eigenvalue weighted by molar-refractivity contribution is 0.521. The molecular weight excluding hydrogens is 310 g/mol. The maximum absolute atomic E-state index is 5.62. The molecule has 2 rings (SSSR count). The molecule has 5 heteroatoms. The van der Waals surface area contributed by atoms with Crippen molar-refractivity contribution in [1.82, 2.24) is 10.4 Å². The Kier molecular flexibility index (Phi) is 4.88. The van der Waals surface area contributed by atoms with Crippen molar-refractivity contribution >= 4 is 27.3 Å². The predicted octanol–water partition coefficient (Wildman–Crippen LogP) is 2.83. The highest BCUT2D eigenvalue weighted by Gasteiger charge is 2.11. The van der Waals surface area contributed by atoms with Crippen molar-refractivity contribution in [3.8, 4) is 0 Å². The number of nitrogens with two attached hydrogens (primary N) is 1. The van der Waals surface area contributed by atoms with Crippen LogP contribution in [0.15, 0.2) is 34.1 Å². The van der Waals surface area contributed by atoms with Gasteiger partial charge >= 0.3 is 0 Å². The van der Waals surface area contributed by atoms with Crippen molar-refractivity contribution < 1.29 is 0 Å². The Hall–Kier alpha value is -0.750. The van der Waals surface area contributed by atoms with Gasteiger partial charge in [-0.3, -0.25) is 11.3 Å². The first kappa shape index (κ1) is 13.7. The highest BCUT2D eigenvalue weighted by molar-refractivity contribution is 9.10. The van der Waals surface area contributed by atoms with Crippen molar-refractivity contribution in [1.29, 1.82) is 0 Å². The second-order valence-corrected chi connectivity index (χ2v) is 6.14. The van der Waals surface area contributed by atoms with E-state index in [9.17, 15) is 0 Å². The predicted molar refractivity (Wildman–Crippen MR) is 79.5 cm³/mol. The summed E-state index contributed by atoms with van der Waals surface area (Å²) < 4.78 is 1.10. The Bertz CT molecular complexity index is 495. The molecule has 0 aliphatic heterocycles. The van der Waals surface area contributed by atoms with Crippen molar-refractivity contribution in [2.24, 2.45) is 5.84 Å². The van der Waals surface area contributed by atoms with Gasteiger partial charge in [0.25, 0.3) is 0 Å². The summed E-state index contributed by atoms with van der Waals surface area (Å²) in [7, 11) is 0. The fourth-order valence-corrected chi connectivity index (χ4v) is 2.92. The number of rotatable bonds is 5. The van der Waals surface area contributed by atoms with Gasteiger partial charge in [0.15, 0.2) is 0 Å². The molecule has 1 atom stereocenters. The van der Waals surface area contributed by atoms with Crippen molar-refractivity contribution in [3.63, 3.8) is 0 Å². The van der Waals surface area contributed by atoms with Crippen molar-refractivity contribution in [3.05, 3.63) is 50.4 Å². The van der Waals surface area contributed by atoms with E-state index in [-0.39, 0.29) is 6.04 Å². The van der Waals surface area contributed by atoms with Crippen LogP contribution in [0.3, 0.4) is 0 Å². The summed E-state index contributed by atoms with van der Waals surface area (Å²) in [6, 6.07) is 8.55. The molecule has 1 unspecified atom stereocenters. The second-order valence-electron chi connectivity index (χ2n) is 4.28. The van der Waals surface area contributed by atoms with Crippen LogP contribution in [0.1, 0.15) is 16.3 Å². The van der Waals surface area contributed by atoms with Gasteiger partial charge in [0.2, 0.25) is 0 Å². The number of nitrogens with zero attached hydrogens (tertiary/aromatic N) is 1. The zero-order valence-corrected chi connectivity index (χ0v) is 12.6. The Morgan fingerprint density at radius 3 is 2.61 bits per heavy atom. The highest BCUT2D eigenvalue weighted by Crippen LogP contribution is 2.15. The van der Waals surface area contributed by atoms with E-state index in [2.05, 4.69) is 56.0 Å². The third-order valence-electron chi connectivity index (χ3n) is 2.72. The normalized spacial score (nSPS) is 12.6. The Labute approximate surface area is 120 Å². The molecule has 1 aromatic heterocycles. The first-order valence-corrected chi connectivity index (χ1v) is 7.46. The van der Waals surface area contributed by atoms with E-state index in [1.165, 1.54) is 5.56 Å². The molecule has 1 heterocycles. The third-order valence-corrected chi connectivity index (χ3v) is 4.24. The minimum Gasteiger partial charge on any atom is -0.271 e. The van der Waals surface area contributed by atoms with Crippen LogP contribution >= 0.6 is 27.3 Å². The first-order chi connectivity index (χ1) is 8.67. The number of hydrogen-bond donors (Lipinski definition) is 2. The van der Waals surface area contributed by atoms with Crippen LogP contribution < -0.4 is 11.3 Å². The number of hydrogen-bond acceptors (Lipinski definition) is 4. The number of nitrogens with one attached hydrogen (secondary N) is 1. The maximum Gasteiger partial charge on any atom is 0.0944 e. The zero-order chi connectivity index (χ0) is 13.0. The fourth-order valence-electron chi connectivity index (χ4n) is 1.80. The van der Waals surface area contributed by atoms with Crippen LogP contribution in [0.2, 0.25) is 0 Å². The SMILES string of the molecule is Cc1csc(CC(Cc2ccc(Br)cc2)NN)n1. The summed E-state index contributed by atoms with van der Waals surface area (Å²) in [5.74, 6) is 5.62. The van der Waals surface area contributed by atoms with E-state index in [0.29, 0.717) is 0 Å². The van der Waals surface area contributed by atoms with Gasteiger partial charge in [-0.25, -0.2) is 4.98 Å². The molecule has 0 bridgehead atoms. The van der Waals surface area contributed by atoms with Crippen LogP contribution in [0.5, 0.6) is 0 Å². The van der Waals surface area contributed by atoms with Gasteiger partial charge in [0.05, 0.1) is 5.01 Å². The summed E-state index contributed by atoms with van der Waals surface area (Å²) in [5, 5.41) is 3.20. The number of aromatic nitrogens is 1. The molecule has 0 aliphatic rings. The van der Waals surface area contributed by atoms with Gasteiger partial charge in [-0.2, -0.15) is 0 Å². The van der Waals surface area contributed by atoms with Crippen LogP contribution in [-0.4, -0.2) is 11.0 Å². The molecule has 0 spiro atoms. The van der Waals surface area contributed by atoms with Gasteiger partial charge in [-0.15, -0.1) is 11.3 Å². The summed E-state index contributed by atoms with van der Waals surface area (Å²) >= 11 is 5.13. The number of thiazole rings is 1. The molecule has 0 fully saturated rings. The summed E-state index contributed by atoms with van der Waals surface area (Å²) in [6.45, 7) is 2.01. The smallest absolute Gasteiger partial charge is 0.0944 e. The Balaban J connectivity index is 1.99. The largest absolute Gasteiger partial charge is 0.271 e. The summed E-state index contributed by atoms with van der Waals surface area (Å²) in [5.41, 5.74) is 5.23. The molecular formula is C13H16BrN3S. The minimum absolute atomic E-state index is 0.219. The minimum atomic E-state index is 0.219. The molecule has 96 valence electrons. The van der Waals surface area contributed by atoms with Gasteiger partial charge < -0.3 is 0 Å². The van der Waals surface area contributed by atoms with Gasteiger partial charge in [0.1, 0.15) is 0 Å². The molecule has 0 aliphatic carbocycles. The Morgan fingerprint density at radius 2 is 2.06 bits per heavy atom. The lowest BCUT2D eigenvalue weighted by Gasteiger charge is -2.14. The molecule has 0 saturated carbocycles. The van der Waals surface area contributed by atoms with E-state index >= 15 is 0 Å². The van der Waals surface area contributed by atoms with E-state index < -0.39 is 0 Å². The van der Waals surface area contributed by atoms with Gasteiger partial charge in [-0.1, -0.05) is 28.1 Å². The van der Waals surface area contributed by atoms with Gasteiger partial charge in [0, 0.05) is 28.0 Å². The third kappa shape index (κ3) is 3.88. The second kappa shape index (κ2) is 6.43. The standard InChI is InChI=1S/C13H16BrN3S/c1-9-8-18-13(16-9)7-12(17-15)6-10-2-4-11(14)5-3-10/h2-5,8,12,17H,6-7,15H2,1H3. The highest BCUT2D eigenvalue weighted by atomic mass is 79.9. The van der Waals surface area contributed by atoms with Gasteiger partial charge in [-0.05, 0) is 31.0 Å². The molecule has 18 heavy (non-hydrogen) atoms. The monoisotopic (exact) mass is 325 g/mol. The average Bonchev–Trinajstić information content (AvgIpc) is 2.77. The first-order valence-electron chi connectivity index (χ1n) is 5.79. The number of hydrazine groups is 1.